The van der Waals surface area contributed by atoms with Gasteiger partial charge in [0.05, 0.1) is 17.5 Å². The molecule has 6 atom stereocenters. The number of hydrogen-bond donors (Lipinski definition) is 4. The van der Waals surface area contributed by atoms with Crippen LogP contribution < -0.4 is 16.0 Å². The highest BCUT2D eigenvalue weighted by Gasteiger charge is 2.69. The number of aromatic hydroxyl groups is 1. The number of benzene rings is 2. The SMILES string of the molecule is CN(C)c1cc(CNCCc2ccccc2)c(O)c2c1C[C@@H]1C[C@@H]3C(N(C)C)C(=O)C(C(N)=O)C(=O)[C@]3(O)C(=O)C1C2=O. The number of rotatable bonds is 8. The molecule has 228 valence electrons. The third kappa shape index (κ3) is 4.85. The molecule has 2 fully saturated rings. The van der Waals surface area contributed by atoms with Gasteiger partial charge in [0.15, 0.2) is 34.7 Å². The molecule has 11 nitrogen and oxygen atoms in total. The number of phenols is 1. The van der Waals surface area contributed by atoms with Gasteiger partial charge in [0, 0.05) is 37.8 Å². The molecule has 2 aromatic carbocycles. The third-order valence-electron chi connectivity index (χ3n) is 9.35. The number of likely N-dealkylation sites (N-methyl/N-ethyl adjacent to an activating group) is 1. The molecule has 43 heavy (non-hydrogen) atoms. The predicted octanol–water partition coefficient (Wildman–Crippen LogP) is 0.265. The molecule has 3 unspecified atom stereocenters. The summed E-state index contributed by atoms with van der Waals surface area (Å²) in [5.74, 6) is -10.5. The van der Waals surface area contributed by atoms with Crippen molar-refractivity contribution in [2.75, 3.05) is 39.6 Å². The quantitative estimate of drug-likeness (QED) is 0.247. The van der Waals surface area contributed by atoms with Crippen LogP contribution in [0.5, 0.6) is 5.75 Å². The number of nitrogens with two attached hydrogens (primary N) is 1. The van der Waals surface area contributed by atoms with Gasteiger partial charge in [0.1, 0.15) is 5.75 Å². The predicted molar refractivity (Wildman–Crippen MR) is 158 cm³/mol. The number of phenolic OH excluding ortho intramolecular Hbond substituents is 1. The van der Waals surface area contributed by atoms with E-state index in [1.54, 1.807) is 14.1 Å². The van der Waals surface area contributed by atoms with Gasteiger partial charge in [0.2, 0.25) is 5.91 Å². The first-order chi connectivity index (χ1) is 20.3. The van der Waals surface area contributed by atoms with Gasteiger partial charge in [-0.1, -0.05) is 30.3 Å². The van der Waals surface area contributed by atoms with E-state index in [0.717, 1.165) is 12.0 Å². The number of primary amides is 1. The highest BCUT2D eigenvalue weighted by molar-refractivity contribution is 6.32. The van der Waals surface area contributed by atoms with Crippen molar-refractivity contribution in [2.24, 2.45) is 29.4 Å². The van der Waals surface area contributed by atoms with Crippen LogP contribution >= 0.6 is 0 Å². The number of hydrogen-bond acceptors (Lipinski definition) is 10. The maximum absolute atomic E-state index is 14.1. The zero-order valence-corrected chi connectivity index (χ0v) is 24.8. The first kappa shape index (κ1) is 30.5. The van der Waals surface area contributed by atoms with E-state index in [4.69, 9.17) is 5.73 Å². The molecular formula is C32H38N4O7. The number of amides is 1. The highest BCUT2D eigenvalue weighted by Crippen LogP contribution is 2.52. The van der Waals surface area contributed by atoms with Crippen LogP contribution in [0.2, 0.25) is 0 Å². The van der Waals surface area contributed by atoms with Crippen LogP contribution in [0.15, 0.2) is 36.4 Å². The summed E-state index contributed by atoms with van der Waals surface area (Å²) >= 11 is 0. The lowest BCUT2D eigenvalue weighted by atomic mass is 9.52. The molecule has 1 amide bonds. The number of ketones is 4. The maximum Gasteiger partial charge on any atom is 0.235 e. The molecule has 5 N–H and O–H groups in total. The Hall–Kier alpha value is -3.93. The molecule has 0 spiro atoms. The van der Waals surface area contributed by atoms with Crippen LogP contribution in [0.3, 0.4) is 0 Å². The zero-order valence-electron chi connectivity index (χ0n) is 24.8. The maximum atomic E-state index is 14.1. The normalized spacial score (nSPS) is 28.4. The molecule has 2 aromatic rings. The molecule has 0 bridgehead atoms. The lowest BCUT2D eigenvalue weighted by Gasteiger charge is -2.52. The topological polar surface area (TPSA) is 170 Å². The summed E-state index contributed by atoms with van der Waals surface area (Å²) in [6.07, 6.45) is 0.996. The van der Waals surface area contributed by atoms with E-state index in [1.165, 1.54) is 4.90 Å². The first-order valence-electron chi connectivity index (χ1n) is 14.4. The number of carbonyl (C=O) groups is 5. The van der Waals surface area contributed by atoms with E-state index in [9.17, 15) is 34.2 Å². The Labute approximate surface area is 250 Å². The van der Waals surface area contributed by atoms with Crippen molar-refractivity contribution < 1.29 is 34.2 Å². The Kier molecular flexibility index (Phi) is 8.02. The van der Waals surface area contributed by atoms with Crippen molar-refractivity contribution in [1.29, 1.82) is 0 Å². The summed E-state index contributed by atoms with van der Waals surface area (Å²) in [7, 11) is 6.77. The molecule has 0 radical (unpaired) electrons. The van der Waals surface area contributed by atoms with E-state index in [1.807, 2.05) is 55.4 Å². The molecule has 0 saturated heterocycles. The number of nitrogens with one attached hydrogen (secondary N) is 1. The van der Waals surface area contributed by atoms with Gasteiger partial charge in [-0.3, -0.25) is 28.9 Å². The van der Waals surface area contributed by atoms with E-state index in [0.29, 0.717) is 23.4 Å². The largest absolute Gasteiger partial charge is 0.507 e. The van der Waals surface area contributed by atoms with Gasteiger partial charge in [-0.25, -0.2) is 0 Å². The molecule has 5 rings (SSSR count). The number of Topliss-reactive ketones (excluding diaryl/α,β-unsaturated/α-hetero) is 4. The Morgan fingerprint density at radius 1 is 1.07 bits per heavy atom. The smallest absolute Gasteiger partial charge is 0.235 e. The molecule has 3 aliphatic rings. The first-order valence-corrected chi connectivity index (χ1v) is 14.4. The van der Waals surface area contributed by atoms with Crippen molar-refractivity contribution in [3.63, 3.8) is 0 Å². The summed E-state index contributed by atoms with van der Waals surface area (Å²) in [6.45, 7) is 0.887. The van der Waals surface area contributed by atoms with Crippen molar-refractivity contribution in [1.82, 2.24) is 10.2 Å². The van der Waals surface area contributed by atoms with E-state index in [2.05, 4.69) is 5.32 Å². The number of aliphatic hydroxyl groups is 1. The average molecular weight is 591 g/mol. The third-order valence-corrected chi connectivity index (χ3v) is 9.35. The van der Waals surface area contributed by atoms with Crippen LogP contribution in [0.4, 0.5) is 5.69 Å². The summed E-state index contributed by atoms with van der Waals surface area (Å²) in [4.78, 5) is 70.4. The van der Waals surface area contributed by atoms with Gasteiger partial charge in [-0.15, -0.1) is 0 Å². The number of nitrogens with zero attached hydrogens (tertiary/aromatic N) is 2. The van der Waals surface area contributed by atoms with Gasteiger partial charge in [-0.2, -0.15) is 0 Å². The van der Waals surface area contributed by atoms with Gasteiger partial charge in [0.25, 0.3) is 0 Å². The van der Waals surface area contributed by atoms with Gasteiger partial charge in [-0.05, 0) is 63.0 Å². The zero-order chi connectivity index (χ0) is 31.4. The summed E-state index contributed by atoms with van der Waals surface area (Å²) < 4.78 is 0. The fourth-order valence-electron chi connectivity index (χ4n) is 7.34. The second kappa shape index (κ2) is 11.3. The van der Waals surface area contributed by atoms with Gasteiger partial charge < -0.3 is 26.2 Å². The Morgan fingerprint density at radius 2 is 1.74 bits per heavy atom. The van der Waals surface area contributed by atoms with Crippen molar-refractivity contribution in [3.05, 3.63) is 58.7 Å². The Morgan fingerprint density at radius 3 is 2.35 bits per heavy atom. The average Bonchev–Trinajstić information content (AvgIpc) is 2.94. The van der Waals surface area contributed by atoms with Gasteiger partial charge >= 0.3 is 0 Å². The minimum atomic E-state index is -2.74. The highest BCUT2D eigenvalue weighted by atomic mass is 16.3. The van der Waals surface area contributed by atoms with Crippen molar-refractivity contribution in [3.8, 4) is 5.75 Å². The fourth-order valence-corrected chi connectivity index (χ4v) is 7.34. The lowest BCUT2D eigenvalue weighted by Crippen LogP contribution is -2.74. The van der Waals surface area contributed by atoms with Crippen LogP contribution in [-0.2, 0) is 38.6 Å². The summed E-state index contributed by atoms with van der Waals surface area (Å²) in [5.41, 5.74) is 5.56. The van der Waals surface area contributed by atoms with Crippen LogP contribution in [-0.4, -0.2) is 90.5 Å². The molecule has 0 aliphatic heterocycles. The molecule has 2 saturated carbocycles. The summed E-state index contributed by atoms with van der Waals surface area (Å²) in [5, 5.41) is 26.5. The Balaban J connectivity index is 1.51. The second-order valence-corrected chi connectivity index (χ2v) is 12.4. The van der Waals surface area contributed by atoms with E-state index >= 15 is 0 Å². The minimum Gasteiger partial charge on any atom is -0.507 e. The van der Waals surface area contributed by atoms with Crippen molar-refractivity contribution >= 4 is 34.7 Å². The monoisotopic (exact) mass is 590 g/mol. The summed E-state index contributed by atoms with van der Waals surface area (Å²) in [6, 6.07) is 10.6. The fraction of sp³-hybridized carbons (Fsp3) is 0.469. The minimum absolute atomic E-state index is 0.00217. The molecule has 3 aliphatic carbocycles. The van der Waals surface area contributed by atoms with Crippen LogP contribution in [0.25, 0.3) is 0 Å². The van der Waals surface area contributed by atoms with Crippen molar-refractivity contribution in [2.45, 2.75) is 37.5 Å². The number of carbonyl (C=O) groups excluding carboxylic acids is 5. The van der Waals surface area contributed by atoms with Crippen LogP contribution in [0.1, 0.15) is 33.5 Å². The number of anilines is 1. The van der Waals surface area contributed by atoms with Crippen LogP contribution in [0, 0.1) is 23.7 Å². The number of fused-ring (bicyclic) bond motifs is 3. The second-order valence-electron chi connectivity index (χ2n) is 12.4. The molecule has 0 aromatic heterocycles. The Bertz CT molecular complexity index is 1500. The molecule has 11 heteroatoms. The standard InChI is InChI=1S/C32H38N4O7/c1-35(2)21-14-18(15-34-11-10-16-8-6-5-7-9-16)26(37)23-19(21)12-17-13-20-25(36(3)4)28(39)24(31(33)42)30(41)32(20,43)29(40)22(17)27(23)38/h5-9,14,17,20,22,24-25,34,37,43H,10-13,15H2,1-4H3,(H2,33,42)/t17-,20-,22?,24?,25?,32-/m1/s1. The lowest BCUT2D eigenvalue weighted by molar-refractivity contribution is -0.181. The molecule has 0 heterocycles. The molecular weight excluding hydrogens is 552 g/mol. The van der Waals surface area contributed by atoms with E-state index in [-0.39, 0.29) is 30.7 Å². The van der Waals surface area contributed by atoms with E-state index < -0.39 is 64.4 Å².